The van der Waals surface area contributed by atoms with Crippen LogP contribution in [0.15, 0.2) is 6.33 Å². The largest absolute Gasteiger partial charge is 0.317 e. The molecule has 0 saturated carbocycles. The summed E-state index contributed by atoms with van der Waals surface area (Å²) in [6, 6.07) is 0.386. The van der Waals surface area contributed by atoms with Crippen LogP contribution in [0.2, 0.25) is 0 Å². The lowest BCUT2D eigenvalue weighted by Crippen LogP contribution is -2.25. The lowest BCUT2D eigenvalue weighted by Gasteiger charge is -2.24. The first-order valence-corrected chi connectivity index (χ1v) is 6.55. The van der Waals surface area contributed by atoms with Gasteiger partial charge in [-0.1, -0.05) is 20.8 Å². The predicted molar refractivity (Wildman–Crippen MR) is 71.1 cm³/mol. The molecule has 98 valence electrons. The van der Waals surface area contributed by atoms with Crippen LogP contribution in [0.4, 0.5) is 0 Å². The molecule has 1 aromatic rings. The van der Waals surface area contributed by atoms with Crippen molar-refractivity contribution >= 4 is 0 Å². The second kappa shape index (κ2) is 6.15. The summed E-state index contributed by atoms with van der Waals surface area (Å²) >= 11 is 0. The molecule has 1 N–H and O–H groups in total. The third-order valence-electron chi connectivity index (χ3n) is 3.00. The lowest BCUT2D eigenvalue weighted by atomic mass is 9.85. The fourth-order valence-corrected chi connectivity index (χ4v) is 1.95. The summed E-state index contributed by atoms with van der Waals surface area (Å²) < 4.78 is 2.02. The first-order chi connectivity index (χ1) is 7.96. The van der Waals surface area contributed by atoms with E-state index in [1.54, 1.807) is 6.33 Å². The molecule has 1 heterocycles. The van der Waals surface area contributed by atoms with Gasteiger partial charge in [-0.05, 0) is 38.8 Å². The molecule has 0 spiro atoms. The van der Waals surface area contributed by atoms with Crippen LogP contribution < -0.4 is 5.32 Å². The van der Waals surface area contributed by atoms with Gasteiger partial charge in [-0.2, -0.15) is 5.10 Å². The van der Waals surface area contributed by atoms with Crippen LogP contribution in [0.3, 0.4) is 0 Å². The van der Waals surface area contributed by atoms with Crippen molar-refractivity contribution < 1.29 is 0 Å². The average Bonchev–Trinajstić information content (AvgIpc) is 2.65. The van der Waals surface area contributed by atoms with Gasteiger partial charge in [-0.25, -0.2) is 9.67 Å². The van der Waals surface area contributed by atoms with Crippen LogP contribution in [0.25, 0.3) is 0 Å². The number of hydrogen-bond donors (Lipinski definition) is 1. The van der Waals surface area contributed by atoms with Crippen LogP contribution in [0.5, 0.6) is 0 Å². The van der Waals surface area contributed by atoms with Crippen LogP contribution in [-0.2, 0) is 6.42 Å². The SMILES string of the molecule is CCNCCC(C)(C)Cc1ncnn1C(C)C. The summed E-state index contributed by atoms with van der Waals surface area (Å²) in [6.07, 6.45) is 3.80. The second-order valence-electron chi connectivity index (χ2n) is 5.66. The molecule has 0 aromatic carbocycles. The molecule has 4 heteroatoms. The number of hydrogen-bond acceptors (Lipinski definition) is 3. The fraction of sp³-hybridized carbons (Fsp3) is 0.846. The Morgan fingerprint density at radius 3 is 2.71 bits per heavy atom. The third-order valence-corrected chi connectivity index (χ3v) is 3.00. The van der Waals surface area contributed by atoms with Crippen LogP contribution in [0, 0.1) is 5.41 Å². The number of rotatable bonds is 7. The maximum Gasteiger partial charge on any atom is 0.138 e. The van der Waals surface area contributed by atoms with Gasteiger partial charge in [0.25, 0.3) is 0 Å². The molecule has 1 rings (SSSR count). The minimum Gasteiger partial charge on any atom is -0.317 e. The Bertz CT molecular complexity index is 328. The maximum absolute atomic E-state index is 4.38. The predicted octanol–water partition coefficient (Wildman–Crippen LogP) is 2.43. The van der Waals surface area contributed by atoms with Crippen molar-refractivity contribution in [2.24, 2.45) is 5.41 Å². The number of nitrogens with one attached hydrogen (secondary N) is 1. The Hall–Kier alpha value is -0.900. The van der Waals surface area contributed by atoms with E-state index in [1.807, 2.05) is 4.68 Å². The summed E-state index contributed by atoms with van der Waals surface area (Å²) in [5.74, 6) is 1.10. The standard InChI is InChI=1S/C13H26N4/c1-6-14-8-7-13(4,5)9-12-15-10-16-17(12)11(2)3/h10-11,14H,6-9H2,1-5H3. The van der Waals surface area contributed by atoms with E-state index in [0.717, 1.165) is 31.8 Å². The van der Waals surface area contributed by atoms with E-state index in [9.17, 15) is 0 Å². The Balaban J connectivity index is 2.59. The van der Waals surface area contributed by atoms with E-state index in [-0.39, 0.29) is 5.41 Å². The van der Waals surface area contributed by atoms with Crippen LogP contribution >= 0.6 is 0 Å². The van der Waals surface area contributed by atoms with Gasteiger partial charge in [-0.3, -0.25) is 0 Å². The van der Waals surface area contributed by atoms with Crippen molar-refractivity contribution in [3.63, 3.8) is 0 Å². The molecule has 4 nitrogen and oxygen atoms in total. The van der Waals surface area contributed by atoms with Crippen molar-refractivity contribution in [1.29, 1.82) is 0 Å². The molecule has 0 amide bonds. The fourth-order valence-electron chi connectivity index (χ4n) is 1.95. The zero-order valence-corrected chi connectivity index (χ0v) is 11.8. The van der Waals surface area contributed by atoms with Crippen molar-refractivity contribution in [2.75, 3.05) is 13.1 Å². The van der Waals surface area contributed by atoms with E-state index in [1.165, 1.54) is 0 Å². The Morgan fingerprint density at radius 1 is 1.41 bits per heavy atom. The van der Waals surface area contributed by atoms with Gasteiger partial charge in [0.15, 0.2) is 0 Å². The molecule has 0 saturated heterocycles. The van der Waals surface area contributed by atoms with Gasteiger partial charge < -0.3 is 5.32 Å². The monoisotopic (exact) mass is 238 g/mol. The molecule has 0 aliphatic heterocycles. The summed E-state index contributed by atoms with van der Waals surface area (Å²) in [7, 11) is 0. The minimum atomic E-state index is 0.266. The molecule has 17 heavy (non-hydrogen) atoms. The quantitative estimate of drug-likeness (QED) is 0.742. The molecule has 0 fully saturated rings. The highest BCUT2D eigenvalue weighted by molar-refractivity contribution is 4.92. The molecule has 0 atom stereocenters. The first-order valence-electron chi connectivity index (χ1n) is 6.55. The zero-order valence-electron chi connectivity index (χ0n) is 11.8. The number of aromatic nitrogens is 3. The second-order valence-corrected chi connectivity index (χ2v) is 5.66. The molecular formula is C13H26N4. The lowest BCUT2D eigenvalue weighted by molar-refractivity contribution is 0.309. The first kappa shape index (κ1) is 14.2. The summed E-state index contributed by atoms with van der Waals surface area (Å²) in [6.45, 7) is 13.1. The molecule has 0 unspecified atom stereocenters. The van der Waals surface area contributed by atoms with Gasteiger partial charge in [0, 0.05) is 12.5 Å². The average molecular weight is 238 g/mol. The highest BCUT2D eigenvalue weighted by atomic mass is 15.3. The van der Waals surface area contributed by atoms with E-state index in [2.05, 4.69) is 50.0 Å². The minimum absolute atomic E-state index is 0.266. The van der Waals surface area contributed by atoms with Gasteiger partial charge in [0.1, 0.15) is 12.2 Å². The van der Waals surface area contributed by atoms with E-state index >= 15 is 0 Å². The van der Waals surface area contributed by atoms with Gasteiger partial charge >= 0.3 is 0 Å². The highest BCUT2D eigenvalue weighted by Crippen LogP contribution is 2.25. The van der Waals surface area contributed by atoms with Gasteiger partial charge in [0.05, 0.1) is 0 Å². The molecular weight excluding hydrogens is 212 g/mol. The molecule has 0 radical (unpaired) electrons. The Labute approximate surface area is 105 Å². The highest BCUT2D eigenvalue weighted by Gasteiger charge is 2.21. The van der Waals surface area contributed by atoms with E-state index in [0.29, 0.717) is 6.04 Å². The Kier molecular flexibility index (Phi) is 5.12. The van der Waals surface area contributed by atoms with Crippen molar-refractivity contribution in [1.82, 2.24) is 20.1 Å². The smallest absolute Gasteiger partial charge is 0.138 e. The van der Waals surface area contributed by atoms with Crippen molar-refractivity contribution in [3.8, 4) is 0 Å². The number of nitrogens with zero attached hydrogens (tertiary/aromatic N) is 3. The van der Waals surface area contributed by atoms with E-state index in [4.69, 9.17) is 0 Å². The topological polar surface area (TPSA) is 42.7 Å². The summed E-state index contributed by atoms with van der Waals surface area (Å²) in [5, 5.41) is 7.66. The van der Waals surface area contributed by atoms with Crippen molar-refractivity contribution in [3.05, 3.63) is 12.2 Å². The summed E-state index contributed by atoms with van der Waals surface area (Å²) in [4.78, 5) is 4.38. The summed E-state index contributed by atoms with van der Waals surface area (Å²) in [5.41, 5.74) is 0.266. The molecule has 1 aromatic heterocycles. The normalized spacial score (nSPS) is 12.4. The van der Waals surface area contributed by atoms with Gasteiger partial charge in [-0.15, -0.1) is 0 Å². The molecule has 0 aliphatic rings. The maximum atomic E-state index is 4.38. The third kappa shape index (κ3) is 4.46. The molecule has 0 aliphatic carbocycles. The Morgan fingerprint density at radius 2 is 2.12 bits per heavy atom. The van der Waals surface area contributed by atoms with E-state index < -0.39 is 0 Å². The van der Waals surface area contributed by atoms with Crippen LogP contribution in [-0.4, -0.2) is 27.9 Å². The van der Waals surface area contributed by atoms with Gasteiger partial charge in [0.2, 0.25) is 0 Å². The zero-order chi connectivity index (χ0) is 12.9. The molecule has 0 bridgehead atoms. The van der Waals surface area contributed by atoms with Crippen molar-refractivity contribution in [2.45, 2.75) is 53.5 Å². The van der Waals surface area contributed by atoms with Crippen LogP contribution in [0.1, 0.15) is 52.9 Å².